The van der Waals surface area contributed by atoms with Crippen LogP contribution in [0.2, 0.25) is 0 Å². The molecule has 194 valence electrons. The van der Waals surface area contributed by atoms with Gasteiger partial charge in [0.15, 0.2) is 22.8 Å². The highest BCUT2D eigenvalue weighted by molar-refractivity contribution is 8.21. The van der Waals surface area contributed by atoms with Crippen molar-refractivity contribution in [2.45, 2.75) is 86.5 Å². The summed E-state index contributed by atoms with van der Waals surface area (Å²) in [6, 6.07) is 0. The molecule has 2 heterocycles. The maximum Gasteiger partial charge on any atom is 0.193 e. The first-order valence-corrected chi connectivity index (χ1v) is 14.5. The van der Waals surface area contributed by atoms with Crippen LogP contribution in [0.25, 0.3) is 0 Å². The summed E-state index contributed by atoms with van der Waals surface area (Å²) in [5.41, 5.74) is -5.49. The molecule has 0 amide bonds. The van der Waals surface area contributed by atoms with E-state index in [-0.39, 0.29) is 16.9 Å². The van der Waals surface area contributed by atoms with Crippen LogP contribution in [0.3, 0.4) is 0 Å². The number of aliphatic hydroxyl groups excluding tert-OH is 2. The SMILES string of the molecule is CC1(C)O[C@@H]2C[C@H]3[C@@H]4C[C@H](F)C5=CC6(C=C[C@]5(C)[C@@]4(F)[C@@H](O)C[C@]3(C)[C@]2(C(=O)CO)O1)SCCS6. The number of rotatable bonds is 2. The number of thioether (sulfide) groups is 2. The molecule has 0 aromatic heterocycles. The van der Waals surface area contributed by atoms with Gasteiger partial charge in [0, 0.05) is 28.3 Å². The molecule has 0 bridgehead atoms. The second-order valence-electron chi connectivity index (χ2n) is 12.0. The fraction of sp³-hybridized carbons (Fsp3) is 0.808. The maximum absolute atomic E-state index is 17.6. The minimum Gasteiger partial charge on any atom is -0.390 e. The van der Waals surface area contributed by atoms with Gasteiger partial charge in [0.05, 0.1) is 16.3 Å². The molecular weight excluding hydrogens is 494 g/mol. The summed E-state index contributed by atoms with van der Waals surface area (Å²) in [5.74, 6) is -0.961. The number of aliphatic hydroxyl groups is 2. The first-order valence-electron chi connectivity index (χ1n) is 12.5. The molecule has 2 saturated heterocycles. The van der Waals surface area contributed by atoms with Crippen molar-refractivity contribution in [1.29, 1.82) is 0 Å². The molecule has 0 radical (unpaired) electrons. The van der Waals surface area contributed by atoms with E-state index in [0.29, 0.717) is 12.0 Å². The zero-order chi connectivity index (χ0) is 25.2. The average Bonchev–Trinajstić information content (AvgIpc) is 3.42. The highest BCUT2D eigenvalue weighted by Crippen LogP contribution is 2.73. The predicted molar refractivity (Wildman–Crippen MR) is 132 cm³/mol. The van der Waals surface area contributed by atoms with E-state index in [1.165, 1.54) is 0 Å². The van der Waals surface area contributed by atoms with E-state index in [1.807, 2.05) is 19.1 Å². The van der Waals surface area contributed by atoms with Gasteiger partial charge in [-0.1, -0.05) is 25.2 Å². The number of alkyl halides is 2. The summed E-state index contributed by atoms with van der Waals surface area (Å²) in [4.78, 5) is 13.3. The Kier molecular flexibility index (Phi) is 5.22. The van der Waals surface area contributed by atoms with Crippen molar-refractivity contribution in [3.8, 4) is 0 Å². The van der Waals surface area contributed by atoms with Crippen LogP contribution < -0.4 is 0 Å². The number of fused-ring (bicyclic) bond motifs is 7. The van der Waals surface area contributed by atoms with E-state index in [4.69, 9.17) is 9.47 Å². The number of ketones is 1. The quantitative estimate of drug-likeness (QED) is 0.525. The van der Waals surface area contributed by atoms with Crippen molar-refractivity contribution in [1.82, 2.24) is 0 Å². The Morgan fingerprint density at radius 1 is 1.14 bits per heavy atom. The summed E-state index contributed by atoms with van der Waals surface area (Å²) in [6.45, 7) is 6.24. The van der Waals surface area contributed by atoms with Crippen molar-refractivity contribution < 1.29 is 33.3 Å². The average molecular weight is 529 g/mol. The Morgan fingerprint density at radius 2 is 1.83 bits per heavy atom. The van der Waals surface area contributed by atoms with Crippen molar-refractivity contribution >= 4 is 29.3 Å². The minimum atomic E-state index is -2.10. The molecule has 2 N–H and O–H groups in total. The monoisotopic (exact) mass is 528 g/mol. The zero-order valence-electron chi connectivity index (χ0n) is 20.6. The second-order valence-corrected chi connectivity index (χ2v) is 15.0. The van der Waals surface area contributed by atoms with Gasteiger partial charge in [-0.25, -0.2) is 8.78 Å². The van der Waals surface area contributed by atoms with Crippen LogP contribution in [-0.4, -0.2) is 73.6 Å². The molecule has 0 aromatic carbocycles. The number of hydrogen-bond donors (Lipinski definition) is 2. The highest BCUT2D eigenvalue weighted by atomic mass is 32.2. The summed E-state index contributed by atoms with van der Waals surface area (Å²) in [6.07, 6.45) is 2.44. The standard InChI is InChI=1S/C26H34F2O5S2/c1-21(2)32-20-10-14-15-9-17(27)16-11-24(34-7-8-35-24)6-5-22(16,3)25(15,28)18(30)12-23(14,4)26(20,33-21)19(31)13-29/h5-6,11,14-15,17-18,20,29-30H,7-10,12-13H2,1-4H3/t14-,15-,17-,18-,20+,22-,23-,25-,26+/m0/s1. The lowest BCUT2D eigenvalue weighted by Crippen LogP contribution is -2.71. The molecule has 4 aliphatic carbocycles. The smallest absolute Gasteiger partial charge is 0.193 e. The Hall–Kier alpha value is -0.450. The summed E-state index contributed by atoms with van der Waals surface area (Å²) in [5, 5.41) is 21.5. The van der Waals surface area contributed by atoms with Gasteiger partial charge in [-0.15, -0.1) is 23.5 Å². The Balaban J connectivity index is 1.46. The number of allylic oxidation sites excluding steroid dienone is 2. The van der Waals surface area contributed by atoms with E-state index < -0.39 is 70.5 Å². The van der Waals surface area contributed by atoms with Crippen LogP contribution in [0.1, 0.15) is 47.0 Å². The molecule has 35 heavy (non-hydrogen) atoms. The maximum atomic E-state index is 17.6. The van der Waals surface area contributed by atoms with Crippen molar-refractivity contribution in [2.75, 3.05) is 18.1 Å². The topological polar surface area (TPSA) is 76.0 Å². The third kappa shape index (κ3) is 2.83. The van der Waals surface area contributed by atoms with E-state index in [9.17, 15) is 15.0 Å². The molecular formula is C26H34F2O5S2. The molecule has 0 unspecified atom stereocenters. The van der Waals surface area contributed by atoms with Gasteiger partial charge in [0.2, 0.25) is 0 Å². The number of halogens is 2. The van der Waals surface area contributed by atoms with Crippen LogP contribution in [0, 0.1) is 22.7 Å². The predicted octanol–water partition coefficient (Wildman–Crippen LogP) is 3.97. The molecule has 5 nitrogen and oxygen atoms in total. The number of carbonyl (C=O) groups excluding carboxylic acids is 1. The lowest BCUT2D eigenvalue weighted by molar-refractivity contribution is -0.249. The fourth-order valence-electron chi connectivity index (χ4n) is 8.64. The van der Waals surface area contributed by atoms with E-state index in [2.05, 4.69) is 0 Å². The number of ether oxygens (including phenoxy) is 2. The van der Waals surface area contributed by atoms with E-state index in [0.717, 1.165) is 11.5 Å². The molecule has 9 atom stereocenters. The molecule has 1 spiro atoms. The molecule has 2 aliphatic heterocycles. The van der Waals surface area contributed by atoms with Gasteiger partial charge in [-0.2, -0.15) is 0 Å². The van der Waals surface area contributed by atoms with Crippen LogP contribution in [-0.2, 0) is 14.3 Å². The first kappa shape index (κ1) is 24.9. The lowest BCUT2D eigenvalue weighted by Gasteiger charge is -2.63. The van der Waals surface area contributed by atoms with E-state index in [1.54, 1.807) is 50.4 Å². The van der Waals surface area contributed by atoms with Gasteiger partial charge in [0.1, 0.15) is 12.8 Å². The Labute approximate surface area is 213 Å². The fourth-order valence-corrected chi connectivity index (χ4v) is 11.5. The summed E-state index contributed by atoms with van der Waals surface area (Å²) < 4.78 is 45.7. The number of Topliss-reactive ketones (excluding diaryl/α,β-unsaturated/α-hetero) is 1. The molecule has 5 fully saturated rings. The molecule has 3 saturated carbocycles. The Bertz CT molecular complexity index is 1030. The van der Waals surface area contributed by atoms with Crippen molar-refractivity contribution in [3.05, 3.63) is 23.8 Å². The molecule has 0 aromatic rings. The Morgan fingerprint density at radius 3 is 2.49 bits per heavy atom. The van der Waals surface area contributed by atoms with Gasteiger partial charge >= 0.3 is 0 Å². The first-order chi connectivity index (χ1) is 16.3. The van der Waals surface area contributed by atoms with Crippen LogP contribution in [0.15, 0.2) is 23.8 Å². The van der Waals surface area contributed by atoms with E-state index >= 15 is 8.78 Å². The second kappa shape index (κ2) is 7.35. The summed E-state index contributed by atoms with van der Waals surface area (Å²) >= 11 is 3.47. The lowest BCUT2D eigenvalue weighted by atomic mass is 9.44. The molecule has 9 heteroatoms. The van der Waals surface area contributed by atoms with Gasteiger partial charge in [-0.3, -0.25) is 4.79 Å². The van der Waals surface area contributed by atoms with Crippen LogP contribution in [0.5, 0.6) is 0 Å². The third-order valence-corrected chi connectivity index (χ3v) is 13.2. The third-order valence-electron chi connectivity index (χ3n) is 10.0. The normalized spacial score (nSPS) is 53.0. The number of hydrogen-bond acceptors (Lipinski definition) is 7. The van der Waals surface area contributed by atoms with Crippen molar-refractivity contribution in [2.24, 2.45) is 22.7 Å². The van der Waals surface area contributed by atoms with Gasteiger partial charge in [0.25, 0.3) is 0 Å². The highest BCUT2D eigenvalue weighted by Gasteiger charge is 2.80. The largest absolute Gasteiger partial charge is 0.390 e. The zero-order valence-corrected chi connectivity index (χ0v) is 22.2. The molecule has 6 aliphatic rings. The summed E-state index contributed by atoms with van der Waals surface area (Å²) in [7, 11) is 0. The van der Waals surface area contributed by atoms with Crippen LogP contribution >= 0.6 is 23.5 Å². The molecule has 6 rings (SSSR count). The minimum absolute atomic E-state index is 0.0331. The van der Waals surface area contributed by atoms with Gasteiger partial charge < -0.3 is 19.7 Å². The number of carbonyl (C=O) groups is 1. The van der Waals surface area contributed by atoms with Crippen LogP contribution in [0.4, 0.5) is 8.78 Å². The van der Waals surface area contributed by atoms with Crippen molar-refractivity contribution in [3.63, 3.8) is 0 Å². The van der Waals surface area contributed by atoms with Gasteiger partial charge in [-0.05, 0) is 51.5 Å².